The Morgan fingerprint density at radius 3 is 2.79 bits per heavy atom. The monoisotopic (exact) mass is 390 g/mol. The number of nitrogens with zero attached hydrogens (tertiary/aromatic N) is 5. The molecule has 0 aliphatic rings. The molecule has 7 nitrogen and oxygen atoms in total. The van der Waals surface area contributed by atoms with Gasteiger partial charge in [0.1, 0.15) is 5.69 Å². The van der Waals surface area contributed by atoms with Gasteiger partial charge in [-0.1, -0.05) is 48.2 Å². The van der Waals surface area contributed by atoms with Crippen LogP contribution in [0.25, 0.3) is 22.3 Å². The molecule has 28 heavy (non-hydrogen) atoms. The van der Waals surface area contributed by atoms with Gasteiger partial charge in [-0.15, -0.1) is 10.2 Å². The Morgan fingerprint density at radius 1 is 1.11 bits per heavy atom. The summed E-state index contributed by atoms with van der Waals surface area (Å²) in [5, 5.41) is 14.2. The molecular weight excluding hydrogens is 372 g/mol. The van der Waals surface area contributed by atoms with Crippen molar-refractivity contribution in [3.63, 3.8) is 0 Å². The SMILES string of the molecule is CCn1c(SCC(=O)Nc2cccc3ccccc23)nnc1-c1cnccn1. The molecule has 0 atom stereocenters. The lowest BCUT2D eigenvalue weighted by Gasteiger charge is -2.09. The van der Waals surface area contributed by atoms with Gasteiger partial charge in [-0.3, -0.25) is 9.78 Å². The zero-order valence-electron chi connectivity index (χ0n) is 15.2. The molecule has 1 N–H and O–H groups in total. The van der Waals surface area contributed by atoms with Crippen molar-refractivity contribution in [1.29, 1.82) is 0 Å². The van der Waals surface area contributed by atoms with Gasteiger partial charge in [0, 0.05) is 30.0 Å². The Labute approximate surface area is 166 Å². The molecule has 0 spiro atoms. The zero-order chi connectivity index (χ0) is 19.3. The molecule has 140 valence electrons. The van der Waals surface area contributed by atoms with E-state index in [9.17, 15) is 4.79 Å². The molecule has 0 saturated heterocycles. The first-order valence-corrected chi connectivity index (χ1v) is 9.85. The number of hydrogen-bond acceptors (Lipinski definition) is 6. The normalized spacial score (nSPS) is 10.9. The number of thioether (sulfide) groups is 1. The Kier molecular flexibility index (Phi) is 5.29. The smallest absolute Gasteiger partial charge is 0.234 e. The number of nitrogens with one attached hydrogen (secondary N) is 1. The third-order valence-electron chi connectivity index (χ3n) is 4.22. The molecule has 1 amide bonds. The van der Waals surface area contributed by atoms with E-state index in [0.29, 0.717) is 23.2 Å². The maximum absolute atomic E-state index is 12.5. The van der Waals surface area contributed by atoms with Crippen LogP contribution in [-0.2, 0) is 11.3 Å². The second kappa shape index (κ2) is 8.18. The first-order valence-electron chi connectivity index (χ1n) is 8.86. The van der Waals surface area contributed by atoms with Gasteiger partial charge in [-0.2, -0.15) is 0 Å². The number of fused-ring (bicyclic) bond motifs is 1. The molecule has 0 fully saturated rings. The average Bonchev–Trinajstić information content (AvgIpc) is 3.16. The Morgan fingerprint density at radius 2 is 1.96 bits per heavy atom. The fraction of sp³-hybridized carbons (Fsp3) is 0.150. The standard InChI is InChI=1S/C20H18N6OS/c1-2-26-19(17-12-21-10-11-22-17)24-25-20(26)28-13-18(27)23-16-9-5-7-14-6-3-4-8-15(14)16/h3-12H,2,13H2,1H3,(H,23,27). The minimum Gasteiger partial charge on any atom is -0.325 e. The highest BCUT2D eigenvalue weighted by atomic mass is 32.2. The van der Waals surface area contributed by atoms with Crippen molar-refractivity contribution < 1.29 is 4.79 Å². The summed E-state index contributed by atoms with van der Waals surface area (Å²) in [5.41, 5.74) is 1.46. The highest BCUT2D eigenvalue weighted by molar-refractivity contribution is 7.99. The largest absolute Gasteiger partial charge is 0.325 e. The third kappa shape index (κ3) is 3.72. The van der Waals surface area contributed by atoms with Crippen LogP contribution in [0.4, 0.5) is 5.69 Å². The summed E-state index contributed by atoms with van der Waals surface area (Å²) in [6.45, 7) is 2.68. The van der Waals surface area contributed by atoms with Crippen molar-refractivity contribution in [3.8, 4) is 11.5 Å². The van der Waals surface area contributed by atoms with Crippen LogP contribution >= 0.6 is 11.8 Å². The minimum atomic E-state index is -0.0898. The molecule has 0 aliphatic carbocycles. The molecule has 0 aliphatic heterocycles. The zero-order valence-corrected chi connectivity index (χ0v) is 16.1. The average molecular weight is 390 g/mol. The quantitative estimate of drug-likeness (QED) is 0.506. The second-order valence-corrected chi connectivity index (χ2v) is 6.95. The van der Waals surface area contributed by atoms with Crippen LogP contribution in [0.1, 0.15) is 6.92 Å². The van der Waals surface area contributed by atoms with E-state index in [1.807, 2.05) is 54.0 Å². The fourth-order valence-corrected chi connectivity index (χ4v) is 3.74. The molecule has 0 unspecified atom stereocenters. The molecule has 4 rings (SSSR count). The van der Waals surface area contributed by atoms with Crippen LogP contribution in [0.2, 0.25) is 0 Å². The molecule has 0 bridgehead atoms. The van der Waals surface area contributed by atoms with E-state index in [0.717, 1.165) is 16.5 Å². The summed E-state index contributed by atoms with van der Waals surface area (Å²) >= 11 is 1.35. The summed E-state index contributed by atoms with van der Waals surface area (Å²) in [5.74, 6) is 0.794. The first-order chi connectivity index (χ1) is 13.8. The van der Waals surface area contributed by atoms with Gasteiger partial charge in [0.15, 0.2) is 11.0 Å². The third-order valence-corrected chi connectivity index (χ3v) is 5.19. The van der Waals surface area contributed by atoms with E-state index in [1.165, 1.54) is 11.8 Å². The van der Waals surface area contributed by atoms with Crippen molar-refractivity contribution in [3.05, 3.63) is 61.1 Å². The van der Waals surface area contributed by atoms with E-state index < -0.39 is 0 Å². The number of hydrogen-bond donors (Lipinski definition) is 1. The topological polar surface area (TPSA) is 85.6 Å². The van der Waals surface area contributed by atoms with E-state index in [2.05, 4.69) is 25.5 Å². The van der Waals surface area contributed by atoms with Crippen LogP contribution in [0.15, 0.2) is 66.2 Å². The van der Waals surface area contributed by atoms with Gasteiger partial charge in [0.05, 0.1) is 11.9 Å². The molecule has 8 heteroatoms. The molecule has 2 heterocycles. The summed E-state index contributed by atoms with van der Waals surface area (Å²) in [7, 11) is 0. The lowest BCUT2D eigenvalue weighted by atomic mass is 10.1. The maximum Gasteiger partial charge on any atom is 0.234 e. The number of carbonyl (C=O) groups is 1. The Bertz CT molecular complexity index is 1110. The van der Waals surface area contributed by atoms with Crippen LogP contribution in [0.5, 0.6) is 0 Å². The van der Waals surface area contributed by atoms with Crippen molar-refractivity contribution in [2.24, 2.45) is 0 Å². The van der Waals surface area contributed by atoms with Crippen molar-refractivity contribution in [1.82, 2.24) is 24.7 Å². The molecule has 2 aromatic heterocycles. The molecule has 0 radical (unpaired) electrons. The second-order valence-electron chi connectivity index (χ2n) is 6.00. The summed E-state index contributed by atoms with van der Waals surface area (Å²) in [4.78, 5) is 20.8. The molecule has 2 aromatic carbocycles. The number of amides is 1. The summed E-state index contributed by atoms with van der Waals surface area (Å²) < 4.78 is 1.93. The predicted molar refractivity (Wildman–Crippen MR) is 110 cm³/mol. The number of carbonyl (C=O) groups excluding carboxylic acids is 1. The lowest BCUT2D eigenvalue weighted by molar-refractivity contribution is -0.113. The predicted octanol–water partition coefficient (Wildman–Crippen LogP) is 3.64. The maximum atomic E-state index is 12.5. The molecule has 0 saturated carbocycles. The first kappa shape index (κ1) is 18.1. The van der Waals surface area contributed by atoms with Crippen molar-refractivity contribution in [2.45, 2.75) is 18.6 Å². The van der Waals surface area contributed by atoms with Crippen LogP contribution in [0, 0.1) is 0 Å². The number of aromatic nitrogens is 5. The minimum absolute atomic E-state index is 0.0898. The van der Waals surface area contributed by atoms with Gasteiger partial charge in [0.25, 0.3) is 0 Å². The van der Waals surface area contributed by atoms with E-state index in [4.69, 9.17) is 0 Å². The lowest BCUT2D eigenvalue weighted by Crippen LogP contribution is -2.15. The fourth-order valence-electron chi connectivity index (χ4n) is 2.94. The summed E-state index contributed by atoms with van der Waals surface area (Å²) in [6.07, 6.45) is 4.88. The van der Waals surface area contributed by atoms with Crippen LogP contribution in [-0.4, -0.2) is 36.4 Å². The number of benzene rings is 2. The van der Waals surface area contributed by atoms with Gasteiger partial charge in [-0.05, 0) is 18.4 Å². The van der Waals surface area contributed by atoms with Crippen molar-refractivity contribution >= 4 is 34.1 Å². The number of rotatable bonds is 6. The van der Waals surface area contributed by atoms with Gasteiger partial charge < -0.3 is 9.88 Å². The number of anilines is 1. The van der Waals surface area contributed by atoms with Gasteiger partial charge in [-0.25, -0.2) is 4.98 Å². The Hall–Kier alpha value is -3.26. The van der Waals surface area contributed by atoms with Crippen LogP contribution < -0.4 is 5.32 Å². The van der Waals surface area contributed by atoms with E-state index >= 15 is 0 Å². The van der Waals surface area contributed by atoms with Gasteiger partial charge >= 0.3 is 0 Å². The highest BCUT2D eigenvalue weighted by Crippen LogP contribution is 2.25. The van der Waals surface area contributed by atoms with Crippen molar-refractivity contribution in [2.75, 3.05) is 11.1 Å². The van der Waals surface area contributed by atoms with Gasteiger partial charge in [0.2, 0.25) is 5.91 Å². The molecular formula is C20H18N6OS. The summed E-state index contributed by atoms with van der Waals surface area (Å²) in [6, 6.07) is 13.8. The van der Waals surface area contributed by atoms with E-state index in [-0.39, 0.29) is 11.7 Å². The van der Waals surface area contributed by atoms with Crippen LogP contribution in [0.3, 0.4) is 0 Å². The Balaban J connectivity index is 1.47. The molecule has 4 aromatic rings. The van der Waals surface area contributed by atoms with E-state index in [1.54, 1.807) is 18.6 Å². The highest BCUT2D eigenvalue weighted by Gasteiger charge is 2.16.